The van der Waals surface area contributed by atoms with Crippen LogP contribution in [0.3, 0.4) is 0 Å². The lowest BCUT2D eigenvalue weighted by atomic mass is 10.0. The van der Waals surface area contributed by atoms with E-state index < -0.39 is 6.10 Å². The van der Waals surface area contributed by atoms with Crippen molar-refractivity contribution in [1.29, 1.82) is 0 Å². The van der Waals surface area contributed by atoms with E-state index in [1.807, 2.05) is 0 Å². The average molecular weight is 900 g/mol. The van der Waals surface area contributed by atoms with E-state index in [9.17, 15) is 14.7 Å². The molecule has 0 amide bonds. The molecule has 0 rings (SSSR count). The summed E-state index contributed by atoms with van der Waals surface area (Å²) in [7, 11) is 0. The van der Waals surface area contributed by atoms with Gasteiger partial charge in [-0.1, -0.05) is 281 Å². The number of esters is 2. The summed E-state index contributed by atoms with van der Waals surface area (Å²) >= 11 is 0. The van der Waals surface area contributed by atoms with Gasteiger partial charge in [-0.15, -0.1) is 0 Å². The number of rotatable bonds is 53. The summed E-state index contributed by atoms with van der Waals surface area (Å²) in [5, 5.41) is 9.60. The first-order valence-electron chi connectivity index (χ1n) is 28.5. The molecule has 0 spiro atoms. The fourth-order valence-corrected chi connectivity index (χ4v) is 8.62. The van der Waals surface area contributed by atoms with E-state index in [1.165, 1.54) is 231 Å². The van der Waals surface area contributed by atoms with E-state index >= 15 is 0 Å². The fraction of sp³-hybridized carbons (Fsp3) is 0.864. The van der Waals surface area contributed by atoms with Crippen molar-refractivity contribution in [3.63, 3.8) is 0 Å². The van der Waals surface area contributed by atoms with Gasteiger partial charge >= 0.3 is 11.9 Å². The van der Waals surface area contributed by atoms with E-state index in [2.05, 4.69) is 50.3 Å². The van der Waals surface area contributed by atoms with Crippen molar-refractivity contribution in [2.45, 2.75) is 315 Å². The Labute approximate surface area is 399 Å². The first kappa shape index (κ1) is 62.1. The maximum Gasteiger partial charge on any atom is 0.306 e. The molecule has 5 nitrogen and oxygen atoms in total. The Kier molecular flexibility index (Phi) is 53.8. The molecule has 0 bridgehead atoms. The van der Waals surface area contributed by atoms with Crippen molar-refractivity contribution in [3.05, 3.63) is 36.5 Å². The van der Waals surface area contributed by atoms with E-state index in [4.69, 9.17) is 9.47 Å². The van der Waals surface area contributed by atoms with Crippen LogP contribution < -0.4 is 0 Å². The third kappa shape index (κ3) is 52.7. The van der Waals surface area contributed by atoms with Crippen molar-refractivity contribution in [3.8, 4) is 0 Å². The molecule has 0 aliphatic carbocycles. The summed E-state index contributed by atoms with van der Waals surface area (Å²) in [4.78, 5) is 24.4. The smallest absolute Gasteiger partial charge is 0.306 e. The average Bonchev–Trinajstić information content (AvgIpc) is 3.30. The lowest BCUT2D eigenvalue weighted by molar-refractivity contribution is -0.161. The van der Waals surface area contributed by atoms with Gasteiger partial charge < -0.3 is 14.6 Å². The normalized spacial score (nSPS) is 12.4. The third-order valence-corrected chi connectivity index (χ3v) is 12.9. The number of unbranched alkanes of at least 4 members (excludes halogenated alkanes) is 39. The lowest BCUT2D eigenvalue weighted by Gasteiger charge is -2.15. The number of carbonyl (C=O) groups is 2. The Bertz CT molecular complexity index is 1020. The molecule has 0 saturated carbocycles. The Morgan fingerprint density at radius 1 is 0.359 bits per heavy atom. The summed E-state index contributed by atoms with van der Waals surface area (Å²) in [5.74, 6) is -0.575. The molecule has 0 aromatic heterocycles. The molecule has 376 valence electrons. The van der Waals surface area contributed by atoms with E-state index in [0.29, 0.717) is 12.8 Å². The van der Waals surface area contributed by atoms with E-state index in [0.717, 1.165) is 51.4 Å². The van der Waals surface area contributed by atoms with E-state index in [-0.39, 0.29) is 25.2 Å². The molecule has 1 atom stereocenters. The first-order chi connectivity index (χ1) is 31.6. The Morgan fingerprint density at radius 3 is 0.938 bits per heavy atom. The second kappa shape index (κ2) is 55.4. The standard InChI is InChI=1S/C59H110O5/c1-3-5-7-9-11-13-15-16-17-18-19-20-21-22-23-24-25-26-27-28-29-30-31-32-33-34-35-36-37-38-39-40-41-42-44-46-48-50-52-54-59(62)64-57(55-60)56-63-58(61)53-51-49-47-45-43-14-12-10-8-6-4-2/h15-16,18-19,21-22,57,60H,3-14,17,20,23-56H2,1-2H3/b16-15-,19-18-,22-21-. The van der Waals surface area contributed by atoms with Crippen LogP contribution in [0, 0.1) is 0 Å². The molecule has 0 fully saturated rings. The number of aliphatic hydroxyl groups excluding tert-OH is 1. The molecular formula is C59H110O5. The topological polar surface area (TPSA) is 72.8 Å². The lowest BCUT2D eigenvalue weighted by Crippen LogP contribution is -2.28. The summed E-state index contributed by atoms with van der Waals surface area (Å²) in [5.41, 5.74) is 0. The molecule has 0 aromatic rings. The van der Waals surface area contributed by atoms with E-state index in [1.54, 1.807) is 0 Å². The second-order valence-electron chi connectivity index (χ2n) is 19.4. The predicted molar refractivity (Wildman–Crippen MR) is 279 cm³/mol. The zero-order valence-corrected chi connectivity index (χ0v) is 43.1. The van der Waals surface area contributed by atoms with Gasteiger partial charge in [0, 0.05) is 12.8 Å². The zero-order chi connectivity index (χ0) is 46.3. The summed E-state index contributed by atoms with van der Waals surface area (Å²) < 4.78 is 10.7. The van der Waals surface area contributed by atoms with Gasteiger partial charge in [0.25, 0.3) is 0 Å². The minimum Gasteiger partial charge on any atom is -0.462 e. The first-order valence-corrected chi connectivity index (χ1v) is 28.5. The van der Waals surface area contributed by atoms with Crippen LogP contribution in [0.5, 0.6) is 0 Å². The molecule has 64 heavy (non-hydrogen) atoms. The minimum absolute atomic E-state index is 0.0593. The van der Waals surface area contributed by atoms with Gasteiger partial charge in [-0.05, 0) is 51.4 Å². The van der Waals surface area contributed by atoms with Gasteiger partial charge in [0.2, 0.25) is 0 Å². The van der Waals surface area contributed by atoms with Crippen molar-refractivity contribution in [1.82, 2.24) is 0 Å². The number of allylic oxidation sites excluding steroid dienone is 6. The van der Waals surface area contributed by atoms with Crippen LogP contribution in [0.4, 0.5) is 0 Å². The van der Waals surface area contributed by atoms with Crippen LogP contribution in [-0.4, -0.2) is 36.4 Å². The quantitative estimate of drug-likeness (QED) is 0.0374. The van der Waals surface area contributed by atoms with Gasteiger partial charge in [0.05, 0.1) is 6.61 Å². The number of hydrogen-bond donors (Lipinski definition) is 1. The summed E-state index contributed by atoms with van der Waals surface area (Å²) in [6.07, 6.45) is 71.5. The molecule has 0 aromatic carbocycles. The summed E-state index contributed by atoms with van der Waals surface area (Å²) in [6, 6.07) is 0. The molecule has 1 N–H and O–H groups in total. The second-order valence-corrected chi connectivity index (χ2v) is 19.4. The third-order valence-electron chi connectivity index (χ3n) is 12.9. The molecule has 0 heterocycles. The van der Waals surface area contributed by atoms with Crippen molar-refractivity contribution in [2.75, 3.05) is 13.2 Å². The van der Waals surface area contributed by atoms with Crippen LogP contribution >= 0.6 is 0 Å². The van der Waals surface area contributed by atoms with Crippen LogP contribution in [0.25, 0.3) is 0 Å². The number of carbonyl (C=O) groups excluding carboxylic acids is 2. The Balaban J connectivity index is 3.36. The largest absolute Gasteiger partial charge is 0.462 e. The minimum atomic E-state index is -0.765. The maximum absolute atomic E-state index is 12.3. The van der Waals surface area contributed by atoms with Crippen molar-refractivity contribution >= 4 is 11.9 Å². The zero-order valence-electron chi connectivity index (χ0n) is 43.1. The van der Waals surface area contributed by atoms with Crippen LogP contribution in [0.1, 0.15) is 309 Å². The van der Waals surface area contributed by atoms with Gasteiger partial charge in [-0.3, -0.25) is 9.59 Å². The molecule has 0 radical (unpaired) electrons. The molecule has 0 saturated heterocycles. The Hall–Kier alpha value is -1.88. The van der Waals surface area contributed by atoms with Gasteiger partial charge in [-0.25, -0.2) is 0 Å². The predicted octanol–water partition coefficient (Wildman–Crippen LogP) is 19.1. The molecule has 0 aliphatic heterocycles. The molecule has 5 heteroatoms. The highest BCUT2D eigenvalue weighted by atomic mass is 16.6. The highest BCUT2D eigenvalue weighted by Crippen LogP contribution is 2.17. The van der Waals surface area contributed by atoms with Crippen LogP contribution in [-0.2, 0) is 19.1 Å². The SMILES string of the molecule is CCCCCCC/C=C\C/C=C\C/C=C\CCCCCCCCCCCCCCCCCCCCCCCCCCC(=O)OC(CO)COC(=O)CCCCCCCCCCCCC. The van der Waals surface area contributed by atoms with Crippen LogP contribution in [0.2, 0.25) is 0 Å². The number of ether oxygens (including phenoxy) is 2. The fourth-order valence-electron chi connectivity index (χ4n) is 8.62. The monoisotopic (exact) mass is 899 g/mol. The highest BCUT2D eigenvalue weighted by molar-refractivity contribution is 5.70. The van der Waals surface area contributed by atoms with Crippen molar-refractivity contribution < 1.29 is 24.2 Å². The molecular weight excluding hydrogens is 789 g/mol. The Morgan fingerprint density at radius 2 is 0.625 bits per heavy atom. The molecule has 0 aliphatic rings. The highest BCUT2D eigenvalue weighted by Gasteiger charge is 2.16. The number of aliphatic hydroxyl groups is 1. The van der Waals surface area contributed by atoms with Gasteiger partial charge in [-0.2, -0.15) is 0 Å². The van der Waals surface area contributed by atoms with Crippen molar-refractivity contribution in [2.24, 2.45) is 0 Å². The number of hydrogen-bond acceptors (Lipinski definition) is 5. The summed E-state index contributed by atoms with van der Waals surface area (Å²) in [6.45, 7) is 4.15. The van der Waals surface area contributed by atoms with Crippen LogP contribution in [0.15, 0.2) is 36.5 Å². The van der Waals surface area contributed by atoms with Gasteiger partial charge in [0.1, 0.15) is 6.61 Å². The molecule has 1 unspecified atom stereocenters. The van der Waals surface area contributed by atoms with Gasteiger partial charge in [0.15, 0.2) is 6.10 Å². The maximum atomic E-state index is 12.3.